The Morgan fingerprint density at radius 3 is 2.39 bits per heavy atom. The van der Waals surface area contributed by atoms with Gasteiger partial charge in [-0.15, -0.1) is 0 Å². The summed E-state index contributed by atoms with van der Waals surface area (Å²) in [5.41, 5.74) is 0. The first kappa shape index (κ1) is 16.5. The molecule has 1 saturated heterocycles. The Kier molecular flexibility index (Phi) is 8.73. The van der Waals surface area contributed by atoms with Crippen LogP contribution in [0.15, 0.2) is 0 Å². The van der Waals surface area contributed by atoms with Crippen LogP contribution in [0.2, 0.25) is 0 Å². The number of nitrogens with zero attached hydrogens (tertiary/aromatic N) is 2. The van der Waals surface area contributed by atoms with E-state index in [1.165, 1.54) is 0 Å². The number of cyclic esters (lactones) is 1. The van der Waals surface area contributed by atoms with Crippen LogP contribution in [0.25, 0.3) is 0 Å². The zero-order valence-corrected chi connectivity index (χ0v) is 11.6. The molecule has 106 valence electrons. The third-order valence-corrected chi connectivity index (χ3v) is 2.07. The molecule has 0 unspecified atom stereocenters. The van der Waals surface area contributed by atoms with E-state index in [9.17, 15) is 9.59 Å². The Balaban J connectivity index is 0.000000397. The van der Waals surface area contributed by atoms with Crippen LogP contribution in [0.1, 0.15) is 6.92 Å². The van der Waals surface area contributed by atoms with Crippen LogP contribution in [0.4, 0.5) is 9.59 Å². The number of hydrogen-bond acceptors (Lipinski definition) is 5. The average molecular weight is 261 g/mol. The van der Waals surface area contributed by atoms with Crippen LogP contribution >= 0.6 is 0 Å². The highest BCUT2D eigenvalue weighted by atomic mass is 16.6. The standard InChI is InChI=1S/C8H18N2O2.C3H5NO2/c1-5-12-8(11)10(4)7-6-9(2)3;5-3-4-1-2-6-3/h5-7H2,1-4H3;1-2H2,(H,4,5). The molecular formula is C11H23N3O4. The molecule has 2 amide bonds. The molecule has 0 aromatic heterocycles. The van der Waals surface area contributed by atoms with Gasteiger partial charge < -0.3 is 24.6 Å². The highest BCUT2D eigenvalue weighted by molar-refractivity contribution is 5.68. The van der Waals surface area contributed by atoms with E-state index in [-0.39, 0.29) is 12.2 Å². The first-order valence-electron chi connectivity index (χ1n) is 5.90. The van der Waals surface area contributed by atoms with Crippen molar-refractivity contribution in [1.82, 2.24) is 15.1 Å². The van der Waals surface area contributed by atoms with Crippen molar-refractivity contribution in [2.75, 3.05) is 54.0 Å². The fourth-order valence-electron chi connectivity index (χ4n) is 1.02. The molecule has 1 rings (SSSR count). The fraction of sp³-hybridized carbons (Fsp3) is 0.818. The summed E-state index contributed by atoms with van der Waals surface area (Å²) in [5, 5.41) is 2.46. The van der Waals surface area contributed by atoms with E-state index in [2.05, 4.69) is 10.1 Å². The van der Waals surface area contributed by atoms with Crippen molar-refractivity contribution in [1.29, 1.82) is 0 Å². The van der Waals surface area contributed by atoms with Gasteiger partial charge in [0.05, 0.1) is 13.2 Å². The smallest absolute Gasteiger partial charge is 0.409 e. The van der Waals surface area contributed by atoms with Crippen LogP contribution in [0.3, 0.4) is 0 Å². The number of nitrogens with one attached hydrogen (secondary N) is 1. The van der Waals surface area contributed by atoms with E-state index in [0.29, 0.717) is 26.3 Å². The highest BCUT2D eigenvalue weighted by Crippen LogP contribution is 1.89. The number of ether oxygens (including phenoxy) is 2. The van der Waals surface area contributed by atoms with Gasteiger partial charge in [0.2, 0.25) is 0 Å². The van der Waals surface area contributed by atoms with E-state index in [4.69, 9.17) is 4.74 Å². The van der Waals surface area contributed by atoms with Crippen molar-refractivity contribution < 1.29 is 19.1 Å². The molecule has 0 bridgehead atoms. The molecule has 7 nitrogen and oxygen atoms in total. The van der Waals surface area contributed by atoms with Gasteiger partial charge in [0.1, 0.15) is 6.61 Å². The summed E-state index contributed by atoms with van der Waals surface area (Å²) in [7, 11) is 5.68. The SMILES string of the molecule is CCOC(=O)N(C)CCN(C)C.O=C1NCCO1. The van der Waals surface area contributed by atoms with Gasteiger partial charge in [0.25, 0.3) is 0 Å². The molecule has 18 heavy (non-hydrogen) atoms. The highest BCUT2D eigenvalue weighted by Gasteiger charge is 2.08. The van der Waals surface area contributed by atoms with Gasteiger partial charge >= 0.3 is 12.2 Å². The first-order chi connectivity index (χ1) is 8.47. The molecule has 0 spiro atoms. The van der Waals surface area contributed by atoms with Crippen LogP contribution in [0, 0.1) is 0 Å². The lowest BCUT2D eigenvalue weighted by atomic mass is 10.5. The van der Waals surface area contributed by atoms with Gasteiger partial charge in [-0.05, 0) is 21.0 Å². The minimum absolute atomic E-state index is 0.251. The van der Waals surface area contributed by atoms with Crippen LogP contribution < -0.4 is 5.32 Å². The molecule has 0 aromatic rings. The predicted molar refractivity (Wildman–Crippen MR) is 67.6 cm³/mol. The van der Waals surface area contributed by atoms with Crippen molar-refractivity contribution in [2.45, 2.75) is 6.92 Å². The van der Waals surface area contributed by atoms with Crippen molar-refractivity contribution in [3.05, 3.63) is 0 Å². The topological polar surface area (TPSA) is 71.1 Å². The molecule has 7 heteroatoms. The maximum absolute atomic E-state index is 11.0. The molecule has 1 aliphatic heterocycles. The summed E-state index contributed by atoms with van der Waals surface area (Å²) in [6.07, 6.45) is -0.547. The van der Waals surface area contributed by atoms with Gasteiger partial charge in [0, 0.05) is 20.1 Å². The van der Waals surface area contributed by atoms with Crippen molar-refractivity contribution >= 4 is 12.2 Å². The zero-order chi connectivity index (χ0) is 14.0. The minimum atomic E-state index is -0.296. The summed E-state index contributed by atoms with van der Waals surface area (Å²) < 4.78 is 9.21. The van der Waals surface area contributed by atoms with Crippen molar-refractivity contribution in [3.63, 3.8) is 0 Å². The van der Waals surface area contributed by atoms with Crippen molar-refractivity contribution in [3.8, 4) is 0 Å². The Labute approximate surface area is 108 Å². The van der Waals surface area contributed by atoms with E-state index < -0.39 is 0 Å². The zero-order valence-electron chi connectivity index (χ0n) is 11.6. The minimum Gasteiger partial charge on any atom is -0.450 e. The monoisotopic (exact) mass is 261 g/mol. The van der Waals surface area contributed by atoms with Crippen molar-refractivity contribution in [2.24, 2.45) is 0 Å². The lowest BCUT2D eigenvalue weighted by Crippen LogP contribution is -2.33. The Morgan fingerprint density at radius 1 is 1.39 bits per heavy atom. The molecule has 0 aliphatic carbocycles. The predicted octanol–water partition coefficient (Wildman–Crippen LogP) is 0.363. The number of likely N-dealkylation sites (N-methyl/N-ethyl adjacent to an activating group) is 2. The van der Waals surface area contributed by atoms with Gasteiger partial charge in [-0.25, -0.2) is 9.59 Å². The van der Waals surface area contributed by atoms with Crippen LogP contribution in [-0.2, 0) is 9.47 Å². The second kappa shape index (κ2) is 9.52. The Bertz CT molecular complexity index is 251. The van der Waals surface area contributed by atoms with E-state index in [0.717, 1.165) is 6.54 Å². The van der Waals surface area contributed by atoms with E-state index >= 15 is 0 Å². The second-order valence-electron chi connectivity index (χ2n) is 3.99. The third kappa shape index (κ3) is 8.63. The summed E-state index contributed by atoms with van der Waals surface area (Å²) >= 11 is 0. The van der Waals surface area contributed by atoms with Crippen LogP contribution in [-0.4, -0.2) is 76.0 Å². The second-order valence-corrected chi connectivity index (χ2v) is 3.99. The molecule has 0 saturated carbocycles. The molecule has 1 aliphatic rings. The number of carbonyl (C=O) groups is 2. The quantitative estimate of drug-likeness (QED) is 0.791. The summed E-state index contributed by atoms with van der Waals surface area (Å²) in [4.78, 5) is 24.5. The lowest BCUT2D eigenvalue weighted by molar-refractivity contribution is 0.114. The summed E-state index contributed by atoms with van der Waals surface area (Å²) in [6, 6.07) is 0. The van der Waals surface area contributed by atoms with E-state index in [1.807, 2.05) is 19.0 Å². The number of carbonyl (C=O) groups excluding carboxylic acids is 2. The normalized spacial score (nSPS) is 13.3. The Hall–Kier alpha value is -1.50. The van der Waals surface area contributed by atoms with Gasteiger partial charge in [-0.2, -0.15) is 0 Å². The van der Waals surface area contributed by atoms with Gasteiger partial charge in [0.15, 0.2) is 0 Å². The average Bonchev–Trinajstić information content (AvgIpc) is 2.78. The van der Waals surface area contributed by atoms with Gasteiger partial charge in [-0.3, -0.25) is 0 Å². The third-order valence-electron chi connectivity index (χ3n) is 2.07. The number of hydrogen-bond donors (Lipinski definition) is 1. The maximum atomic E-state index is 11.0. The number of amides is 2. The number of rotatable bonds is 4. The number of alkyl carbamates (subject to hydrolysis) is 1. The Morgan fingerprint density at radius 2 is 2.06 bits per heavy atom. The molecule has 1 N–H and O–H groups in total. The molecule has 1 fully saturated rings. The summed E-state index contributed by atoms with van der Waals surface area (Å²) in [5.74, 6) is 0. The van der Waals surface area contributed by atoms with Gasteiger partial charge in [-0.1, -0.05) is 0 Å². The molecule has 1 heterocycles. The first-order valence-corrected chi connectivity index (χ1v) is 5.90. The maximum Gasteiger partial charge on any atom is 0.409 e. The molecule has 0 radical (unpaired) electrons. The van der Waals surface area contributed by atoms with Crippen LogP contribution in [0.5, 0.6) is 0 Å². The molecule has 0 atom stereocenters. The molecular weight excluding hydrogens is 238 g/mol. The lowest BCUT2D eigenvalue weighted by Gasteiger charge is -2.18. The largest absolute Gasteiger partial charge is 0.450 e. The fourth-order valence-corrected chi connectivity index (χ4v) is 1.02. The molecule has 0 aromatic carbocycles. The van der Waals surface area contributed by atoms with E-state index in [1.54, 1.807) is 18.9 Å². The summed E-state index contributed by atoms with van der Waals surface area (Å²) in [6.45, 7) is 4.99.